The molecule has 4 nitrogen and oxygen atoms in total. The smallest absolute Gasteiger partial charge is 0.154 e. The highest BCUT2D eigenvalue weighted by Gasteiger charge is 2.33. The van der Waals surface area contributed by atoms with Gasteiger partial charge in [-0.15, -0.1) is 0 Å². The number of rotatable bonds is 7. The molecule has 4 atom stereocenters. The zero-order valence-electron chi connectivity index (χ0n) is 9.43. The van der Waals surface area contributed by atoms with Crippen molar-refractivity contribution in [2.45, 2.75) is 45.3 Å². The molecule has 0 aromatic heterocycles. The average Bonchev–Trinajstić information content (AvgIpc) is 2.16. The summed E-state index contributed by atoms with van der Waals surface area (Å²) < 4.78 is 18.4. The quantitative estimate of drug-likeness (QED) is 0.573. The van der Waals surface area contributed by atoms with Gasteiger partial charge in [-0.2, -0.15) is 0 Å². The Bertz CT molecular complexity index is 164. The molecule has 0 aromatic rings. The number of ether oxygens (including phenoxy) is 1. The van der Waals surface area contributed by atoms with Gasteiger partial charge in [-0.1, -0.05) is 13.8 Å². The summed E-state index contributed by atoms with van der Waals surface area (Å²) in [7, 11) is 0. The summed E-state index contributed by atoms with van der Waals surface area (Å²) in [6.07, 6.45) is -5.08. The SMILES string of the molecule is CC(C)[C@H](OCCO)C(O)C(F)[C@@H](C)O. The number of hydrogen-bond donors (Lipinski definition) is 3. The second kappa shape index (κ2) is 7.11. The van der Waals surface area contributed by atoms with Crippen LogP contribution >= 0.6 is 0 Å². The number of hydrogen-bond acceptors (Lipinski definition) is 4. The van der Waals surface area contributed by atoms with Crippen LogP contribution in [0.1, 0.15) is 20.8 Å². The van der Waals surface area contributed by atoms with Gasteiger partial charge in [0.15, 0.2) is 6.17 Å². The van der Waals surface area contributed by atoms with Crippen LogP contribution in [0.15, 0.2) is 0 Å². The fraction of sp³-hybridized carbons (Fsp3) is 1.00. The molecule has 0 amide bonds. The van der Waals surface area contributed by atoms with Crippen LogP contribution in [0.5, 0.6) is 0 Å². The van der Waals surface area contributed by atoms with E-state index in [0.29, 0.717) is 0 Å². The minimum atomic E-state index is -1.74. The van der Waals surface area contributed by atoms with E-state index in [-0.39, 0.29) is 19.1 Å². The van der Waals surface area contributed by atoms with Gasteiger partial charge in [0.2, 0.25) is 0 Å². The molecule has 0 aliphatic heterocycles. The van der Waals surface area contributed by atoms with Crippen molar-refractivity contribution in [1.82, 2.24) is 0 Å². The lowest BCUT2D eigenvalue weighted by atomic mass is 9.96. The number of alkyl halides is 1. The van der Waals surface area contributed by atoms with Gasteiger partial charge in [-0.05, 0) is 12.8 Å². The predicted molar refractivity (Wildman–Crippen MR) is 54.2 cm³/mol. The monoisotopic (exact) mass is 224 g/mol. The van der Waals surface area contributed by atoms with Crippen molar-refractivity contribution in [3.05, 3.63) is 0 Å². The Balaban J connectivity index is 4.33. The molecule has 0 fully saturated rings. The minimum absolute atomic E-state index is 0.0481. The summed E-state index contributed by atoms with van der Waals surface area (Å²) in [5.41, 5.74) is 0. The average molecular weight is 224 g/mol. The maximum Gasteiger partial charge on any atom is 0.154 e. The number of halogens is 1. The van der Waals surface area contributed by atoms with Crippen molar-refractivity contribution in [3.8, 4) is 0 Å². The maximum absolute atomic E-state index is 13.3. The van der Waals surface area contributed by atoms with Gasteiger partial charge in [0.25, 0.3) is 0 Å². The zero-order valence-corrected chi connectivity index (χ0v) is 9.43. The molecular formula is C10H21FO4. The molecule has 5 heteroatoms. The van der Waals surface area contributed by atoms with Gasteiger partial charge >= 0.3 is 0 Å². The molecule has 0 aliphatic rings. The summed E-state index contributed by atoms with van der Waals surface area (Å²) in [6, 6.07) is 0. The zero-order chi connectivity index (χ0) is 12.0. The van der Waals surface area contributed by atoms with Crippen LogP contribution < -0.4 is 0 Å². The summed E-state index contributed by atoms with van der Waals surface area (Å²) in [6.45, 7) is 4.70. The predicted octanol–water partition coefficient (Wildman–Crippen LogP) is 0.0997. The summed E-state index contributed by atoms with van der Waals surface area (Å²) in [5, 5.41) is 27.2. The van der Waals surface area contributed by atoms with E-state index in [4.69, 9.17) is 14.9 Å². The van der Waals surface area contributed by atoms with Crippen LogP contribution in [0.2, 0.25) is 0 Å². The highest BCUT2D eigenvalue weighted by Crippen LogP contribution is 2.17. The Morgan fingerprint density at radius 1 is 1.20 bits per heavy atom. The van der Waals surface area contributed by atoms with Crippen molar-refractivity contribution in [2.75, 3.05) is 13.2 Å². The van der Waals surface area contributed by atoms with E-state index < -0.39 is 24.5 Å². The molecule has 15 heavy (non-hydrogen) atoms. The molecule has 2 unspecified atom stereocenters. The lowest BCUT2D eigenvalue weighted by Gasteiger charge is -2.29. The van der Waals surface area contributed by atoms with Crippen LogP contribution in [-0.2, 0) is 4.74 Å². The minimum Gasteiger partial charge on any atom is -0.394 e. The lowest BCUT2D eigenvalue weighted by Crippen LogP contribution is -2.44. The Morgan fingerprint density at radius 2 is 1.73 bits per heavy atom. The van der Waals surface area contributed by atoms with E-state index >= 15 is 0 Å². The third-order valence-corrected chi connectivity index (χ3v) is 2.18. The van der Waals surface area contributed by atoms with E-state index in [1.165, 1.54) is 6.92 Å². The van der Waals surface area contributed by atoms with Gasteiger partial charge < -0.3 is 20.1 Å². The first kappa shape index (κ1) is 14.8. The fourth-order valence-electron chi connectivity index (χ4n) is 1.34. The first-order valence-electron chi connectivity index (χ1n) is 5.14. The first-order valence-corrected chi connectivity index (χ1v) is 5.14. The second-order valence-corrected chi connectivity index (χ2v) is 3.98. The highest BCUT2D eigenvalue weighted by molar-refractivity contribution is 4.82. The van der Waals surface area contributed by atoms with Gasteiger partial charge in [-0.3, -0.25) is 0 Å². The van der Waals surface area contributed by atoms with Crippen molar-refractivity contribution in [1.29, 1.82) is 0 Å². The Kier molecular flexibility index (Phi) is 7.00. The molecule has 0 aromatic carbocycles. The summed E-state index contributed by atoms with van der Waals surface area (Å²) in [5.74, 6) is -0.0939. The second-order valence-electron chi connectivity index (χ2n) is 3.98. The molecule has 0 heterocycles. The van der Waals surface area contributed by atoms with Gasteiger partial charge in [0, 0.05) is 0 Å². The number of aliphatic hydroxyl groups excluding tert-OH is 3. The molecule has 92 valence electrons. The fourth-order valence-corrected chi connectivity index (χ4v) is 1.34. The van der Waals surface area contributed by atoms with Crippen LogP contribution in [0.4, 0.5) is 4.39 Å². The first-order chi connectivity index (χ1) is 6.91. The molecule has 0 saturated carbocycles. The largest absolute Gasteiger partial charge is 0.394 e. The normalized spacial score (nSPS) is 20.0. The molecule has 0 bridgehead atoms. The van der Waals surface area contributed by atoms with Crippen molar-refractivity contribution in [2.24, 2.45) is 5.92 Å². The van der Waals surface area contributed by atoms with Crippen molar-refractivity contribution >= 4 is 0 Å². The van der Waals surface area contributed by atoms with Crippen molar-refractivity contribution in [3.63, 3.8) is 0 Å². The van der Waals surface area contributed by atoms with E-state index in [1.54, 1.807) is 13.8 Å². The summed E-state index contributed by atoms with van der Waals surface area (Å²) in [4.78, 5) is 0. The molecule has 0 saturated heterocycles. The summed E-state index contributed by atoms with van der Waals surface area (Å²) >= 11 is 0. The lowest BCUT2D eigenvalue weighted by molar-refractivity contribution is -0.114. The molecule has 3 N–H and O–H groups in total. The van der Waals surface area contributed by atoms with E-state index in [0.717, 1.165) is 0 Å². The Labute approximate surface area is 89.7 Å². The highest BCUT2D eigenvalue weighted by atomic mass is 19.1. The number of aliphatic hydroxyl groups is 3. The van der Waals surface area contributed by atoms with Crippen LogP contribution in [0.25, 0.3) is 0 Å². The van der Waals surface area contributed by atoms with Crippen LogP contribution in [-0.4, -0.2) is 53.0 Å². The van der Waals surface area contributed by atoms with Gasteiger partial charge in [-0.25, -0.2) is 4.39 Å². The standard InChI is InChI=1S/C10H21FO4/c1-6(2)10(15-5-4-12)9(14)8(11)7(3)13/h6-10,12-14H,4-5H2,1-3H3/t7-,8?,9?,10+/m1/s1. The molecule has 0 spiro atoms. The van der Waals surface area contributed by atoms with Crippen LogP contribution in [0, 0.1) is 5.92 Å². The van der Waals surface area contributed by atoms with Gasteiger partial charge in [0.05, 0.1) is 25.4 Å². The van der Waals surface area contributed by atoms with Crippen molar-refractivity contribution < 1.29 is 24.4 Å². The Morgan fingerprint density at radius 3 is 2.07 bits per heavy atom. The van der Waals surface area contributed by atoms with Crippen LogP contribution in [0.3, 0.4) is 0 Å². The molecule has 0 aliphatic carbocycles. The third-order valence-electron chi connectivity index (χ3n) is 2.18. The molecule has 0 radical (unpaired) electrons. The maximum atomic E-state index is 13.3. The van der Waals surface area contributed by atoms with E-state index in [2.05, 4.69) is 0 Å². The topological polar surface area (TPSA) is 69.9 Å². The van der Waals surface area contributed by atoms with E-state index in [1.807, 2.05) is 0 Å². The van der Waals surface area contributed by atoms with E-state index in [9.17, 15) is 9.50 Å². The third kappa shape index (κ3) is 4.88. The Hall–Kier alpha value is -0.230. The molecule has 0 rings (SSSR count). The molecular weight excluding hydrogens is 203 g/mol. The van der Waals surface area contributed by atoms with Gasteiger partial charge in [0.1, 0.15) is 6.10 Å².